The number of hydrogen-bond acceptors (Lipinski definition) is 1. The highest BCUT2D eigenvalue weighted by Gasteiger charge is 2.21. The lowest BCUT2D eigenvalue weighted by atomic mass is 9.83. The number of furan rings is 1. The second kappa shape index (κ2) is 9.44. The van der Waals surface area contributed by atoms with Gasteiger partial charge in [-0.25, -0.2) is 0 Å². The lowest BCUT2D eigenvalue weighted by Crippen LogP contribution is -1.93. The van der Waals surface area contributed by atoms with Crippen molar-refractivity contribution in [3.63, 3.8) is 0 Å². The fourth-order valence-corrected chi connectivity index (χ4v) is 5.88. The van der Waals surface area contributed by atoms with E-state index in [2.05, 4.69) is 0 Å². The van der Waals surface area contributed by atoms with Crippen molar-refractivity contribution in [3.05, 3.63) is 157 Å². The molecule has 0 N–H and O–H groups in total. The van der Waals surface area contributed by atoms with Gasteiger partial charge in [0.2, 0.25) is 0 Å². The molecule has 1 nitrogen and oxygen atoms in total. The van der Waals surface area contributed by atoms with Crippen LogP contribution < -0.4 is 0 Å². The number of rotatable bonds is 3. The van der Waals surface area contributed by atoms with Crippen molar-refractivity contribution in [2.75, 3.05) is 0 Å². The third kappa shape index (κ3) is 3.58. The predicted molar refractivity (Wildman–Crippen MR) is 183 cm³/mol. The van der Waals surface area contributed by atoms with Crippen LogP contribution in [0.15, 0.2) is 162 Å². The smallest absolute Gasteiger partial charge is 0.143 e. The first kappa shape index (κ1) is 12.3. The van der Waals surface area contributed by atoms with Crippen LogP contribution in [0.3, 0.4) is 0 Å². The van der Waals surface area contributed by atoms with Gasteiger partial charge < -0.3 is 4.42 Å². The Kier molecular flexibility index (Phi) is 2.70. The van der Waals surface area contributed by atoms with E-state index < -0.39 is 114 Å². The van der Waals surface area contributed by atoms with Gasteiger partial charge in [-0.2, -0.15) is 0 Å². The summed E-state index contributed by atoms with van der Waals surface area (Å²) in [6, 6.07) is 2.10. The minimum Gasteiger partial charge on any atom is -0.455 e. The van der Waals surface area contributed by atoms with E-state index in [4.69, 9.17) is 25.0 Å². The fraction of sp³-hybridized carbons (Fsp3) is 0. The summed E-state index contributed by atoms with van der Waals surface area (Å²) < 4.78 is 165. The highest BCUT2D eigenvalue weighted by Crippen LogP contribution is 2.48. The Morgan fingerprint density at radius 1 is 0.419 bits per heavy atom. The van der Waals surface area contributed by atoms with E-state index in [9.17, 15) is 4.11 Å². The Labute approximate surface area is 274 Å². The molecule has 0 aliphatic rings. The second-order valence-corrected chi connectivity index (χ2v) is 9.85. The van der Waals surface area contributed by atoms with E-state index in [1.807, 2.05) is 0 Å². The molecular weight excluding hydrogens is 520 g/mol. The number of fused-ring (bicyclic) bond motifs is 7. The Bertz CT molecular complexity index is 3430. The zero-order chi connectivity index (χ0) is 44.0. The lowest BCUT2D eigenvalue weighted by molar-refractivity contribution is 0.673. The van der Waals surface area contributed by atoms with Crippen molar-refractivity contribution in [3.8, 4) is 33.4 Å². The van der Waals surface area contributed by atoms with Crippen LogP contribution >= 0.6 is 0 Å². The Balaban J connectivity index is 1.53. The molecule has 0 bridgehead atoms. The zero-order valence-corrected chi connectivity index (χ0v) is 22.0. The van der Waals surface area contributed by atoms with Gasteiger partial charge in [-0.05, 0) is 72.4 Å². The van der Waals surface area contributed by atoms with Crippen LogP contribution in [0.2, 0.25) is 0 Å². The maximum absolute atomic E-state index is 9.46. The molecule has 1 heterocycles. The molecule has 0 saturated carbocycles. The molecule has 0 spiro atoms. The molecule has 0 saturated heterocycles. The molecule has 0 radical (unpaired) electrons. The van der Waals surface area contributed by atoms with Crippen molar-refractivity contribution in [2.24, 2.45) is 0 Å². The fourth-order valence-electron chi connectivity index (χ4n) is 5.88. The Hall–Kier alpha value is -5.66. The maximum atomic E-state index is 9.46. The topological polar surface area (TPSA) is 13.1 Å². The first-order valence-corrected chi connectivity index (χ1v) is 13.3. The highest BCUT2D eigenvalue weighted by atomic mass is 16.3. The Morgan fingerprint density at radius 2 is 1.00 bits per heavy atom. The van der Waals surface area contributed by atoms with Crippen LogP contribution in [0.4, 0.5) is 0 Å². The van der Waals surface area contributed by atoms with Crippen molar-refractivity contribution < 1.29 is 29.1 Å². The predicted octanol–water partition coefficient (Wildman–Crippen LogP) is 12.0. The summed E-state index contributed by atoms with van der Waals surface area (Å²) in [5.74, 6) is 0. The first-order valence-electron chi connectivity index (χ1n) is 22.3. The van der Waals surface area contributed by atoms with Gasteiger partial charge in [0, 0.05) is 16.2 Å². The molecule has 43 heavy (non-hydrogen) atoms. The average molecular weight is 565 g/mol. The molecule has 200 valence electrons. The first-order chi connectivity index (χ1) is 28.8. The van der Waals surface area contributed by atoms with Crippen LogP contribution in [-0.4, -0.2) is 0 Å². The molecule has 8 aromatic carbocycles. The molecular formula is C42H26O. The summed E-state index contributed by atoms with van der Waals surface area (Å²) in [7, 11) is 0. The normalized spacial score (nSPS) is 17.6. The van der Waals surface area contributed by atoms with Gasteiger partial charge >= 0.3 is 0 Å². The summed E-state index contributed by atoms with van der Waals surface area (Å²) in [5.41, 5.74) is -1.08. The van der Waals surface area contributed by atoms with Gasteiger partial charge in [-0.15, -0.1) is 0 Å². The van der Waals surface area contributed by atoms with Gasteiger partial charge in [0.05, 0.1) is 24.7 Å². The molecule has 9 rings (SSSR count). The van der Waals surface area contributed by atoms with E-state index in [1.54, 1.807) is 48.5 Å². The van der Waals surface area contributed by atoms with E-state index in [0.29, 0.717) is 21.5 Å². The Morgan fingerprint density at radius 3 is 1.72 bits per heavy atom. The molecule has 0 aliphatic heterocycles. The van der Waals surface area contributed by atoms with Crippen molar-refractivity contribution in [1.29, 1.82) is 0 Å². The van der Waals surface area contributed by atoms with E-state index in [1.165, 1.54) is 0 Å². The van der Waals surface area contributed by atoms with E-state index in [0.717, 1.165) is 0 Å². The highest BCUT2D eigenvalue weighted by molar-refractivity contribution is 6.27. The minimum absolute atomic E-state index is 0.0254. The molecule has 1 heteroatoms. The second-order valence-electron chi connectivity index (χ2n) is 9.85. The minimum atomic E-state index is -0.712. The monoisotopic (exact) mass is 564 g/mol. The van der Waals surface area contributed by atoms with E-state index in [-0.39, 0.29) is 60.5 Å². The molecule has 1 aromatic heterocycles. The van der Waals surface area contributed by atoms with Crippen molar-refractivity contribution in [2.45, 2.75) is 0 Å². The molecule has 0 unspecified atom stereocenters. The van der Waals surface area contributed by atoms with Gasteiger partial charge in [0.25, 0.3) is 0 Å². The average Bonchev–Trinajstić information content (AvgIpc) is 3.65. The largest absolute Gasteiger partial charge is 0.455 e. The van der Waals surface area contributed by atoms with Gasteiger partial charge in [0.15, 0.2) is 0 Å². The zero-order valence-electron chi connectivity index (χ0n) is 40.0. The SMILES string of the molecule is [2H]c1c([2H])c([2H])c(-c2c([2H])c([2H])c([2H])c([2H])c2-c2c3ccccc3c(-c3c([2H])c([2H])c([2H])c4oc5c6c([2H])c([2H])c([2H])c([2H])c6c([2H])c([2H])c5c34)c3ccccc23)c([2H])c1[2H]. The van der Waals surface area contributed by atoms with Crippen molar-refractivity contribution in [1.82, 2.24) is 0 Å². The summed E-state index contributed by atoms with van der Waals surface area (Å²) in [5, 5.41) is 0.604. The lowest BCUT2D eigenvalue weighted by Gasteiger charge is -2.20. The van der Waals surface area contributed by atoms with Crippen LogP contribution in [-0.2, 0) is 0 Å². The molecule has 0 aliphatic carbocycles. The van der Waals surface area contributed by atoms with Gasteiger partial charge in [-0.1, -0.05) is 145 Å². The maximum Gasteiger partial charge on any atom is 0.143 e. The van der Waals surface area contributed by atoms with Gasteiger partial charge in [-0.3, -0.25) is 0 Å². The summed E-state index contributed by atoms with van der Waals surface area (Å²) in [4.78, 5) is 0. The summed E-state index contributed by atoms with van der Waals surface area (Å²) in [6.07, 6.45) is 0. The van der Waals surface area contributed by atoms with Gasteiger partial charge in [0.1, 0.15) is 11.2 Å². The van der Waals surface area contributed by atoms with Crippen molar-refractivity contribution >= 4 is 54.3 Å². The summed E-state index contributed by atoms with van der Waals surface area (Å²) in [6.45, 7) is 0. The quantitative estimate of drug-likeness (QED) is 0.195. The van der Waals surface area contributed by atoms with Crippen LogP contribution in [0, 0.1) is 0 Å². The third-order valence-corrected chi connectivity index (χ3v) is 7.62. The number of benzene rings is 8. The summed E-state index contributed by atoms with van der Waals surface area (Å²) >= 11 is 0. The standard InChI is InChI=1S/C42H26O/c1-2-13-27(14-3-1)29-16-6-7-18-31(29)39-32-19-8-10-21-34(32)40(35-22-11-9-20-33(35)39)36-23-12-24-38-41(36)37-26-25-28-15-4-5-17-30(28)42(37)43-38/h1-26H/i1D,2D,3D,4D,5D,6D,7D,12D,13D,14D,15D,16D,17D,18D,23D,24D,25D,26D. The molecule has 0 fully saturated rings. The van der Waals surface area contributed by atoms with E-state index >= 15 is 0 Å². The molecule has 9 aromatic rings. The number of hydrogen-bond donors (Lipinski definition) is 0. The molecule has 0 atom stereocenters. The third-order valence-electron chi connectivity index (χ3n) is 7.62. The van der Waals surface area contributed by atoms with Crippen LogP contribution in [0.25, 0.3) is 87.6 Å². The molecule has 0 amide bonds. The van der Waals surface area contributed by atoms with Crippen LogP contribution in [0.5, 0.6) is 0 Å². The van der Waals surface area contributed by atoms with Crippen LogP contribution in [0.1, 0.15) is 24.7 Å².